The summed E-state index contributed by atoms with van der Waals surface area (Å²) in [7, 11) is 0. The van der Waals surface area contributed by atoms with E-state index in [1.165, 1.54) is 12.8 Å². The van der Waals surface area contributed by atoms with E-state index >= 15 is 0 Å². The van der Waals surface area contributed by atoms with Gasteiger partial charge in [0.05, 0.1) is 17.8 Å². The minimum Gasteiger partial charge on any atom is -0.347 e. The molecular formula is C21H18N4S. The average molecular weight is 358 g/mol. The number of anilines is 1. The van der Waals surface area contributed by atoms with Crippen LogP contribution in [0.5, 0.6) is 0 Å². The molecule has 128 valence electrons. The maximum Gasteiger partial charge on any atom is 0.162 e. The van der Waals surface area contributed by atoms with Crippen molar-refractivity contribution in [2.45, 2.75) is 25.4 Å². The van der Waals surface area contributed by atoms with E-state index < -0.39 is 0 Å². The molecule has 3 heterocycles. The van der Waals surface area contributed by atoms with Crippen LogP contribution in [0.2, 0.25) is 0 Å². The molecule has 1 aromatic carbocycles. The zero-order valence-corrected chi connectivity index (χ0v) is 15.1. The van der Waals surface area contributed by atoms with Crippen molar-refractivity contribution in [1.29, 1.82) is 0 Å². The van der Waals surface area contributed by atoms with Crippen molar-refractivity contribution in [3.05, 3.63) is 71.2 Å². The van der Waals surface area contributed by atoms with Crippen molar-refractivity contribution in [2.24, 2.45) is 0 Å². The summed E-state index contributed by atoms with van der Waals surface area (Å²) >= 11 is 1.67. The van der Waals surface area contributed by atoms with Gasteiger partial charge in [-0.05, 0) is 48.6 Å². The predicted molar refractivity (Wildman–Crippen MR) is 106 cm³/mol. The first-order valence-corrected chi connectivity index (χ1v) is 9.79. The van der Waals surface area contributed by atoms with E-state index in [1.54, 1.807) is 11.3 Å². The average Bonchev–Trinajstić information content (AvgIpc) is 3.39. The summed E-state index contributed by atoms with van der Waals surface area (Å²) in [5.41, 5.74) is 3.14. The molecular weight excluding hydrogens is 340 g/mol. The molecule has 1 fully saturated rings. The second-order valence-electron chi connectivity index (χ2n) is 6.58. The quantitative estimate of drug-likeness (QED) is 0.508. The molecule has 4 aromatic rings. The summed E-state index contributed by atoms with van der Waals surface area (Å²) in [6.45, 7) is 0.773. The molecule has 0 saturated heterocycles. The third kappa shape index (κ3) is 2.95. The van der Waals surface area contributed by atoms with Crippen molar-refractivity contribution in [3.8, 4) is 11.4 Å². The maximum absolute atomic E-state index is 4.99. The number of rotatable bonds is 5. The molecule has 0 N–H and O–H groups in total. The Balaban J connectivity index is 1.65. The van der Waals surface area contributed by atoms with Crippen LogP contribution in [-0.2, 0) is 6.54 Å². The molecule has 1 saturated carbocycles. The van der Waals surface area contributed by atoms with Crippen LogP contribution in [0, 0.1) is 0 Å². The Morgan fingerprint density at radius 2 is 1.88 bits per heavy atom. The highest BCUT2D eigenvalue weighted by Crippen LogP contribution is 2.36. The fraction of sp³-hybridized carbons (Fsp3) is 0.190. The second-order valence-corrected chi connectivity index (χ2v) is 7.36. The van der Waals surface area contributed by atoms with Crippen LogP contribution in [0.3, 0.4) is 0 Å². The molecule has 5 rings (SSSR count). The van der Waals surface area contributed by atoms with Gasteiger partial charge in [0.25, 0.3) is 0 Å². The summed E-state index contributed by atoms with van der Waals surface area (Å²) < 4.78 is 0. The van der Waals surface area contributed by atoms with Gasteiger partial charge in [-0.2, -0.15) is 11.3 Å². The van der Waals surface area contributed by atoms with Crippen LogP contribution in [0.15, 0.2) is 65.5 Å². The van der Waals surface area contributed by atoms with Gasteiger partial charge in [0.1, 0.15) is 5.82 Å². The van der Waals surface area contributed by atoms with Gasteiger partial charge < -0.3 is 4.90 Å². The largest absolute Gasteiger partial charge is 0.347 e. The van der Waals surface area contributed by atoms with Gasteiger partial charge >= 0.3 is 0 Å². The zero-order chi connectivity index (χ0) is 17.3. The van der Waals surface area contributed by atoms with E-state index in [2.05, 4.69) is 51.0 Å². The Morgan fingerprint density at radius 3 is 2.65 bits per heavy atom. The molecule has 0 bridgehead atoms. The molecule has 0 spiro atoms. The maximum atomic E-state index is 4.99. The molecule has 0 radical (unpaired) electrons. The SMILES string of the molecule is c1ccc(CN(c2nc(-c3ccsc3)nc3ccccc23)C2CC2)nc1. The van der Waals surface area contributed by atoms with Crippen molar-refractivity contribution >= 4 is 28.1 Å². The molecule has 0 aliphatic heterocycles. The van der Waals surface area contributed by atoms with Crippen LogP contribution in [0.4, 0.5) is 5.82 Å². The minimum absolute atomic E-state index is 0.533. The van der Waals surface area contributed by atoms with Crippen LogP contribution < -0.4 is 4.90 Å². The number of pyridine rings is 1. The van der Waals surface area contributed by atoms with E-state index in [9.17, 15) is 0 Å². The Morgan fingerprint density at radius 1 is 1.00 bits per heavy atom. The standard InChI is InChI=1S/C21H18N4S/c1-2-7-19-18(6-1)21(24-20(23-19)15-10-12-26-14-15)25(17-8-9-17)13-16-5-3-4-11-22-16/h1-7,10-12,14,17H,8-9,13H2. The number of hydrogen-bond acceptors (Lipinski definition) is 5. The number of para-hydroxylation sites is 1. The molecule has 3 aromatic heterocycles. The summed E-state index contributed by atoms with van der Waals surface area (Å²) in [6.07, 6.45) is 4.27. The summed E-state index contributed by atoms with van der Waals surface area (Å²) in [4.78, 5) is 16.7. The van der Waals surface area contributed by atoms with Crippen molar-refractivity contribution in [1.82, 2.24) is 15.0 Å². The normalized spacial score (nSPS) is 13.8. The van der Waals surface area contributed by atoms with Crippen LogP contribution in [0.1, 0.15) is 18.5 Å². The predicted octanol–water partition coefficient (Wildman–Crippen LogP) is 4.92. The fourth-order valence-corrected chi connectivity index (χ4v) is 3.86. The molecule has 1 aliphatic rings. The number of thiophene rings is 1. The third-order valence-electron chi connectivity index (χ3n) is 4.68. The molecule has 1 aliphatic carbocycles. The zero-order valence-electron chi connectivity index (χ0n) is 14.2. The van der Waals surface area contributed by atoms with Crippen molar-refractivity contribution < 1.29 is 0 Å². The van der Waals surface area contributed by atoms with Gasteiger partial charge in [-0.1, -0.05) is 18.2 Å². The monoisotopic (exact) mass is 358 g/mol. The Kier molecular flexibility index (Phi) is 3.87. The molecule has 0 amide bonds. The topological polar surface area (TPSA) is 41.9 Å². The first kappa shape index (κ1) is 15.5. The second kappa shape index (κ2) is 6.50. The van der Waals surface area contributed by atoms with E-state index in [-0.39, 0.29) is 0 Å². The lowest BCUT2D eigenvalue weighted by atomic mass is 10.2. The van der Waals surface area contributed by atoms with Gasteiger partial charge in [-0.15, -0.1) is 0 Å². The molecule has 5 heteroatoms. The summed E-state index contributed by atoms with van der Waals surface area (Å²) in [5.74, 6) is 1.82. The van der Waals surface area contributed by atoms with Gasteiger partial charge in [-0.25, -0.2) is 9.97 Å². The van der Waals surface area contributed by atoms with Crippen LogP contribution >= 0.6 is 11.3 Å². The molecule has 4 nitrogen and oxygen atoms in total. The minimum atomic E-state index is 0.533. The number of benzene rings is 1. The number of hydrogen-bond donors (Lipinski definition) is 0. The van der Waals surface area contributed by atoms with Crippen LogP contribution in [0.25, 0.3) is 22.3 Å². The first-order valence-electron chi connectivity index (χ1n) is 8.84. The van der Waals surface area contributed by atoms with E-state index in [0.717, 1.165) is 40.3 Å². The summed E-state index contributed by atoms with van der Waals surface area (Å²) in [6, 6.07) is 17.0. The van der Waals surface area contributed by atoms with Gasteiger partial charge in [0.15, 0.2) is 5.82 Å². The Hall–Kier alpha value is -2.79. The Bertz CT molecular complexity index is 1030. The highest BCUT2D eigenvalue weighted by Gasteiger charge is 2.31. The molecule has 0 atom stereocenters. The first-order chi connectivity index (χ1) is 12.9. The van der Waals surface area contributed by atoms with Crippen molar-refractivity contribution in [3.63, 3.8) is 0 Å². The number of aromatic nitrogens is 3. The van der Waals surface area contributed by atoms with Crippen LogP contribution in [-0.4, -0.2) is 21.0 Å². The molecule has 0 unspecified atom stereocenters. The van der Waals surface area contributed by atoms with Gasteiger partial charge in [-0.3, -0.25) is 4.98 Å². The smallest absolute Gasteiger partial charge is 0.162 e. The highest BCUT2D eigenvalue weighted by atomic mass is 32.1. The van der Waals surface area contributed by atoms with Gasteiger partial charge in [0, 0.05) is 28.6 Å². The lowest BCUT2D eigenvalue weighted by Crippen LogP contribution is -2.27. The lowest BCUT2D eigenvalue weighted by Gasteiger charge is -2.25. The van der Waals surface area contributed by atoms with E-state index in [0.29, 0.717) is 6.04 Å². The van der Waals surface area contributed by atoms with E-state index in [1.807, 2.05) is 24.4 Å². The Labute approximate surface area is 156 Å². The van der Waals surface area contributed by atoms with Gasteiger partial charge in [0.2, 0.25) is 0 Å². The lowest BCUT2D eigenvalue weighted by molar-refractivity contribution is 0.765. The summed E-state index contributed by atoms with van der Waals surface area (Å²) in [5, 5.41) is 5.28. The van der Waals surface area contributed by atoms with Crippen molar-refractivity contribution in [2.75, 3.05) is 4.90 Å². The number of nitrogens with zero attached hydrogens (tertiary/aromatic N) is 4. The molecule has 26 heavy (non-hydrogen) atoms. The third-order valence-corrected chi connectivity index (χ3v) is 5.36. The van der Waals surface area contributed by atoms with E-state index in [4.69, 9.17) is 9.97 Å². The number of fused-ring (bicyclic) bond motifs is 1. The fourth-order valence-electron chi connectivity index (χ4n) is 3.23. The highest BCUT2D eigenvalue weighted by molar-refractivity contribution is 7.08.